The van der Waals surface area contributed by atoms with Crippen molar-refractivity contribution < 1.29 is 18.7 Å². The summed E-state index contributed by atoms with van der Waals surface area (Å²) < 4.78 is 10.7. The average Bonchev–Trinajstić information content (AvgIpc) is 3.33. The highest BCUT2D eigenvalue weighted by Crippen LogP contribution is 2.40. The predicted molar refractivity (Wildman–Crippen MR) is 118 cm³/mol. The van der Waals surface area contributed by atoms with Gasteiger partial charge in [0, 0.05) is 6.04 Å². The second-order valence-electron chi connectivity index (χ2n) is 7.78. The van der Waals surface area contributed by atoms with Gasteiger partial charge in [-0.25, -0.2) is 0 Å². The molecule has 0 unspecified atom stereocenters. The van der Waals surface area contributed by atoms with E-state index in [-0.39, 0.29) is 17.9 Å². The van der Waals surface area contributed by atoms with Crippen LogP contribution in [0.2, 0.25) is 0 Å². The summed E-state index contributed by atoms with van der Waals surface area (Å²) in [5.74, 6) is 1.69. The molecule has 1 aromatic heterocycles. The molecule has 6 heteroatoms. The van der Waals surface area contributed by atoms with E-state index in [2.05, 4.69) is 0 Å². The first-order chi connectivity index (χ1) is 14.7. The van der Waals surface area contributed by atoms with Crippen LogP contribution < -0.4 is 4.74 Å². The van der Waals surface area contributed by atoms with Gasteiger partial charge in [0.15, 0.2) is 0 Å². The minimum absolute atomic E-state index is 0.0136. The molecule has 2 aromatic rings. The molecule has 30 heavy (non-hydrogen) atoms. The van der Waals surface area contributed by atoms with Gasteiger partial charge < -0.3 is 9.15 Å². The summed E-state index contributed by atoms with van der Waals surface area (Å²) >= 11 is 1.39. The number of nitrogens with zero attached hydrogens (tertiary/aromatic N) is 1. The Morgan fingerprint density at radius 1 is 1.00 bits per heavy atom. The zero-order valence-electron chi connectivity index (χ0n) is 17.3. The summed E-state index contributed by atoms with van der Waals surface area (Å²) in [4.78, 5) is 29.0. The van der Waals surface area contributed by atoms with E-state index >= 15 is 0 Å². The van der Waals surface area contributed by atoms with Crippen molar-refractivity contribution in [3.05, 3.63) is 58.9 Å². The zero-order chi connectivity index (χ0) is 20.9. The van der Waals surface area contributed by atoms with Crippen LogP contribution in [0, 0.1) is 0 Å². The van der Waals surface area contributed by atoms with Crippen LogP contribution in [-0.4, -0.2) is 29.9 Å². The molecule has 1 aliphatic heterocycles. The molecule has 0 saturated heterocycles. The minimum Gasteiger partial charge on any atom is -0.497 e. The third-order valence-corrected chi connectivity index (χ3v) is 6.93. The normalized spacial score (nSPS) is 18.6. The van der Waals surface area contributed by atoms with Gasteiger partial charge in [0.2, 0.25) is 0 Å². The molecule has 4 rings (SSSR count). The van der Waals surface area contributed by atoms with E-state index in [1.807, 2.05) is 36.4 Å². The van der Waals surface area contributed by atoms with E-state index in [0.29, 0.717) is 16.2 Å². The topological polar surface area (TPSA) is 59.8 Å². The van der Waals surface area contributed by atoms with Gasteiger partial charge in [-0.15, -0.1) is 11.8 Å². The van der Waals surface area contributed by atoms with Crippen LogP contribution in [-0.2, 0) is 15.3 Å². The van der Waals surface area contributed by atoms with Gasteiger partial charge in [-0.05, 0) is 42.7 Å². The Morgan fingerprint density at radius 3 is 2.33 bits per heavy atom. The molecule has 5 nitrogen and oxygen atoms in total. The number of hydrogen-bond acceptors (Lipinski definition) is 5. The molecular weight excluding hydrogens is 398 g/mol. The first kappa shape index (κ1) is 20.8. The second kappa shape index (κ2) is 9.56. The monoisotopic (exact) mass is 425 g/mol. The van der Waals surface area contributed by atoms with Crippen LogP contribution in [0.5, 0.6) is 5.75 Å². The van der Waals surface area contributed by atoms with Crippen molar-refractivity contribution in [2.24, 2.45) is 0 Å². The fraction of sp³-hybridized carbons (Fsp3) is 0.417. The first-order valence-electron chi connectivity index (χ1n) is 10.6. The maximum absolute atomic E-state index is 13.5. The maximum atomic E-state index is 13.5. The second-order valence-corrected chi connectivity index (χ2v) is 8.77. The van der Waals surface area contributed by atoms with Gasteiger partial charge in [-0.1, -0.05) is 44.2 Å². The van der Waals surface area contributed by atoms with Crippen LogP contribution >= 0.6 is 11.8 Å². The van der Waals surface area contributed by atoms with Crippen LogP contribution in [0.4, 0.5) is 0 Å². The lowest BCUT2D eigenvalue weighted by Gasteiger charge is -2.28. The molecule has 1 aliphatic carbocycles. The summed E-state index contributed by atoms with van der Waals surface area (Å²) in [6.07, 6.45) is 9.12. The molecule has 158 valence electrons. The molecule has 1 aromatic carbocycles. The summed E-state index contributed by atoms with van der Waals surface area (Å²) in [6, 6.07) is 11.1. The number of benzene rings is 1. The van der Waals surface area contributed by atoms with Crippen molar-refractivity contribution in [1.29, 1.82) is 0 Å². The number of carbonyl (C=O) groups excluding carboxylic acids is 2. The largest absolute Gasteiger partial charge is 0.497 e. The molecular formula is C24H27NO4S. The molecule has 1 fully saturated rings. The third kappa shape index (κ3) is 4.33. The van der Waals surface area contributed by atoms with Gasteiger partial charge in [0.1, 0.15) is 11.5 Å². The number of imide groups is 1. The molecule has 2 amide bonds. The molecule has 0 bridgehead atoms. The van der Waals surface area contributed by atoms with E-state index in [4.69, 9.17) is 9.15 Å². The number of carbonyl (C=O) groups is 2. The van der Waals surface area contributed by atoms with Crippen LogP contribution in [0.25, 0.3) is 5.57 Å². The van der Waals surface area contributed by atoms with Crippen molar-refractivity contribution in [2.75, 3.05) is 7.11 Å². The lowest BCUT2D eigenvalue weighted by atomic mass is 9.95. The Morgan fingerprint density at radius 2 is 1.70 bits per heavy atom. The molecule has 0 atom stereocenters. The summed E-state index contributed by atoms with van der Waals surface area (Å²) in [6.45, 7) is 0. The van der Waals surface area contributed by atoms with Gasteiger partial charge >= 0.3 is 0 Å². The van der Waals surface area contributed by atoms with Crippen LogP contribution in [0.1, 0.15) is 56.3 Å². The summed E-state index contributed by atoms with van der Waals surface area (Å²) in [5, 5.41) is 0. The van der Waals surface area contributed by atoms with Crippen LogP contribution in [0.3, 0.4) is 0 Å². The van der Waals surface area contributed by atoms with Gasteiger partial charge in [0.25, 0.3) is 11.8 Å². The maximum Gasteiger partial charge on any atom is 0.268 e. The predicted octanol–water partition coefficient (Wildman–Crippen LogP) is 5.41. The van der Waals surface area contributed by atoms with Crippen molar-refractivity contribution in [3.63, 3.8) is 0 Å². The molecule has 0 radical (unpaired) electrons. The van der Waals surface area contributed by atoms with Crippen molar-refractivity contribution in [2.45, 2.75) is 56.7 Å². The summed E-state index contributed by atoms with van der Waals surface area (Å²) in [7, 11) is 1.61. The number of furan rings is 1. The molecule has 1 saturated carbocycles. The molecule has 2 heterocycles. The highest BCUT2D eigenvalue weighted by molar-refractivity contribution is 8.03. The number of methoxy groups -OCH3 is 1. The SMILES string of the molecule is COc1ccc(C2=C(SCc3ccco3)C(=O)N(C3CCCCCCC3)C2=O)cc1. The lowest BCUT2D eigenvalue weighted by molar-refractivity contribution is -0.139. The summed E-state index contributed by atoms with van der Waals surface area (Å²) in [5.41, 5.74) is 1.26. The van der Waals surface area contributed by atoms with Crippen molar-refractivity contribution in [3.8, 4) is 5.75 Å². The third-order valence-electron chi connectivity index (χ3n) is 5.83. The van der Waals surface area contributed by atoms with E-state index < -0.39 is 0 Å². The Hall–Kier alpha value is -2.47. The van der Waals surface area contributed by atoms with E-state index in [1.54, 1.807) is 13.4 Å². The Balaban J connectivity index is 1.65. The molecule has 0 spiro atoms. The van der Waals surface area contributed by atoms with E-state index in [1.165, 1.54) is 35.9 Å². The Kier molecular flexibility index (Phi) is 6.62. The Labute approximate surface area is 181 Å². The van der Waals surface area contributed by atoms with Gasteiger partial charge in [-0.3, -0.25) is 14.5 Å². The van der Waals surface area contributed by atoms with Crippen LogP contribution in [0.15, 0.2) is 52.0 Å². The quantitative estimate of drug-likeness (QED) is 0.579. The fourth-order valence-electron chi connectivity index (χ4n) is 4.23. The van der Waals surface area contributed by atoms with E-state index in [0.717, 1.165) is 42.8 Å². The first-order valence-corrected chi connectivity index (χ1v) is 11.6. The fourth-order valence-corrected chi connectivity index (χ4v) is 5.26. The minimum atomic E-state index is -0.169. The number of thioether (sulfide) groups is 1. The Bertz CT molecular complexity index is 909. The number of amides is 2. The van der Waals surface area contributed by atoms with Crippen molar-refractivity contribution >= 4 is 29.1 Å². The van der Waals surface area contributed by atoms with Crippen molar-refractivity contribution in [1.82, 2.24) is 4.90 Å². The zero-order valence-corrected chi connectivity index (χ0v) is 18.1. The van der Waals surface area contributed by atoms with Gasteiger partial charge in [-0.2, -0.15) is 0 Å². The van der Waals surface area contributed by atoms with Gasteiger partial charge in [0.05, 0.1) is 29.6 Å². The standard InChI is InChI=1S/C24H27NO4S/c1-28-19-13-11-17(12-14-19)21-22(30-16-20-10-7-15-29-20)24(27)25(23(21)26)18-8-5-3-2-4-6-9-18/h7,10-15,18H,2-6,8-9,16H2,1H3. The average molecular weight is 426 g/mol. The number of rotatable bonds is 6. The highest BCUT2D eigenvalue weighted by Gasteiger charge is 2.42. The highest BCUT2D eigenvalue weighted by atomic mass is 32.2. The van der Waals surface area contributed by atoms with E-state index in [9.17, 15) is 9.59 Å². The lowest BCUT2D eigenvalue weighted by Crippen LogP contribution is -2.41. The molecule has 2 aliphatic rings. The number of ether oxygens (including phenoxy) is 1. The molecule has 0 N–H and O–H groups in total. The smallest absolute Gasteiger partial charge is 0.268 e. The number of hydrogen-bond donors (Lipinski definition) is 0.